The molecule has 1 aliphatic rings. The van der Waals surface area contributed by atoms with Crippen LogP contribution in [0.4, 0.5) is 5.69 Å². The largest absolute Gasteiger partial charge is 0.399 e. The molecule has 0 amide bonds. The summed E-state index contributed by atoms with van der Waals surface area (Å²) in [6.07, 6.45) is 2.71. The molecule has 3 rings (SSSR count). The summed E-state index contributed by atoms with van der Waals surface area (Å²) in [5.41, 5.74) is 11.4. The van der Waals surface area contributed by atoms with Crippen molar-refractivity contribution in [2.75, 3.05) is 5.73 Å². The Balaban J connectivity index is 0.00000225. The van der Waals surface area contributed by atoms with E-state index in [1.54, 1.807) is 0 Å². The molecule has 1 unspecified atom stereocenters. The van der Waals surface area contributed by atoms with Crippen LogP contribution in [0.1, 0.15) is 46.7 Å². The van der Waals surface area contributed by atoms with Crippen LogP contribution in [0, 0.1) is 20.8 Å². The molecule has 3 N–H and O–H groups in total. The first kappa shape index (κ1) is 19.8. The van der Waals surface area contributed by atoms with Crippen molar-refractivity contribution < 1.29 is 8.42 Å². The average Bonchev–Trinajstić information content (AvgIpc) is 2.45. The Kier molecular flexibility index (Phi) is 5.82. The van der Waals surface area contributed by atoms with Crippen LogP contribution < -0.4 is 10.5 Å². The van der Waals surface area contributed by atoms with Gasteiger partial charge in [-0.05, 0) is 74.4 Å². The molecule has 0 spiro atoms. The third kappa shape index (κ3) is 4.00. The number of benzene rings is 2. The van der Waals surface area contributed by atoms with Crippen molar-refractivity contribution in [2.24, 2.45) is 0 Å². The molecular weight excluding hydrogens is 356 g/mol. The maximum atomic E-state index is 13.0. The van der Waals surface area contributed by atoms with Gasteiger partial charge in [0.1, 0.15) is 0 Å². The van der Waals surface area contributed by atoms with E-state index in [2.05, 4.69) is 4.72 Å². The molecule has 6 heteroatoms. The van der Waals surface area contributed by atoms with E-state index in [0.717, 1.165) is 52.8 Å². The first-order valence-electron chi connectivity index (χ1n) is 8.26. The fourth-order valence-corrected chi connectivity index (χ4v) is 5.50. The molecule has 0 fully saturated rings. The summed E-state index contributed by atoms with van der Waals surface area (Å²) >= 11 is 0. The van der Waals surface area contributed by atoms with Gasteiger partial charge in [-0.3, -0.25) is 0 Å². The lowest BCUT2D eigenvalue weighted by molar-refractivity contribution is 0.507. The van der Waals surface area contributed by atoms with Crippen LogP contribution in [0.25, 0.3) is 0 Å². The Morgan fingerprint density at radius 2 is 1.72 bits per heavy atom. The maximum absolute atomic E-state index is 13.0. The van der Waals surface area contributed by atoms with Crippen molar-refractivity contribution in [3.63, 3.8) is 0 Å². The molecule has 2 aromatic rings. The topological polar surface area (TPSA) is 72.2 Å². The quantitative estimate of drug-likeness (QED) is 0.791. The number of hydrogen-bond acceptors (Lipinski definition) is 3. The second-order valence-electron chi connectivity index (χ2n) is 6.75. The number of halogens is 1. The van der Waals surface area contributed by atoms with Crippen LogP contribution in [0.5, 0.6) is 0 Å². The predicted molar refractivity (Wildman–Crippen MR) is 105 cm³/mol. The highest BCUT2D eigenvalue weighted by Gasteiger charge is 2.27. The molecule has 136 valence electrons. The zero-order chi connectivity index (χ0) is 17.5. The van der Waals surface area contributed by atoms with Crippen molar-refractivity contribution in [2.45, 2.75) is 51.0 Å². The van der Waals surface area contributed by atoms with E-state index >= 15 is 0 Å². The van der Waals surface area contributed by atoms with Crippen molar-refractivity contribution in [3.8, 4) is 0 Å². The van der Waals surface area contributed by atoms with Gasteiger partial charge in [0.05, 0.1) is 4.90 Å². The molecule has 2 aromatic carbocycles. The first-order chi connectivity index (χ1) is 11.3. The fraction of sp³-hybridized carbons (Fsp3) is 0.368. The third-order valence-electron chi connectivity index (χ3n) is 4.65. The fourth-order valence-electron chi connectivity index (χ4n) is 3.79. The monoisotopic (exact) mass is 380 g/mol. The standard InChI is InChI=1S/C19H24N2O2S.ClH/c1-12-9-13(2)19(14(3)10-12)24(22,23)21-18-6-4-5-15-11-16(20)7-8-17(15)18;/h7-11,18,21H,4-6,20H2,1-3H3;1H. The minimum atomic E-state index is -3.57. The normalized spacial score (nSPS) is 16.8. The Morgan fingerprint density at radius 3 is 2.36 bits per heavy atom. The van der Waals surface area contributed by atoms with Gasteiger partial charge in [-0.2, -0.15) is 0 Å². The van der Waals surface area contributed by atoms with Gasteiger partial charge in [0.15, 0.2) is 0 Å². The lowest BCUT2D eigenvalue weighted by Crippen LogP contribution is -2.32. The molecule has 0 saturated carbocycles. The van der Waals surface area contributed by atoms with E-state index in [4.69, 9.17) is 5.73 Å². The van der Waals surface area contributed by atoms with Gasteiger partial charge >= 0.3 is 0 Å². The zero-order valence-electron chi connectivity index (χ0n) is 14.8. The van der Waals surface area contributed by atoms with E-state index in [0.29, 0.717) is 4.90 Å². The summed E-state index contributed by atoms with van der Waals surface area (Å²) in [6.45, 7) is 5.68. The van der Waals surface area contributed by atoms with Crippen LogP contribution in [0.2, 0.25) is 0 Å². The number of aryl methyl sites for hydroxylation is 4. The van der Waals surface area contributed by atoms with Crippen molar-refractivity contribution in [1.29, 1.82) is 0 Å². The average molecular weight is 381 g/mol. The van der Waals surface area contributed by atoms with Gasteiger partial charge < -0.3 is 5.73 Å². The van der Waals surface area contributed by atoms with E-state index in [1.807, 2.05) is 51.1 Å². The Labute approximate surface area is 156 Å². The molecule has 0 aliphatic heterocycles. The Bertz CT molecular complexity index is 871. The van der Waals surface area contributed by atoms with Crippen molar-refractivity contribution in [1.82, 2.24) is 4.72 Å². The summed E-state index contributed by atoms with van der Waals surface area (Å²) in [5.74, 6) is 0. The summed E-state index contributed by atoms with van der Waals surface area (Å²) < 4.78 is 28.9. The lowest BCUT2D eigenvalue weighted by atomic mass is 9.88. The van der Waals surface area contributed by atoms with Gasteiger partial charge in [0, 0.05) is 11.7 Å². The second-order valence-corrected chi connectivity index (χ2v) is 8.40. The van der Waals surface area contributed by atoms with Crippen molar-refractivity contribution in [3.05, 3.63) is 58.1 Å². The molecule has 25 heavy (non-hydrogen) atoms. The maximum Gasteiger partial charge on any atom is 0.241 e. The smallest absolute Gasteiger partial charge is 0.241 e. The van der Waals surface area contributed by atoms with Crippen LogP contribution in [0.15, 0.2) is 35.2 Å². The predicted octanol–water partition coefficient (Wildman–Crippen LogP) is 3.97. The minimum Gasteiger partial charge on any atom is -0.399 e. The van der Waals surface area contributed by atoms with E-state index in [1.165, 1.54) is 0 Å². The van der Waals surface area contributed by atoms with Crippen LogP contribution in [0.3, 0.4) is 0 Å². The van der Waals surface area contributed by atoms with Gasteiger partial charge in [-0.25, -0.2) is 13.1 Å². The molecule has 0 aromatic heterocycles. The number of rotatable bonds is 3. The molecule has 0 saturated heterocycles. The summed E-state index contributed by atoms with van der Waals surface area (Å²) in [4.78, 5) is 0.399. The number of sulfonamides is 1. The van der Waals surface area contributed by atoms with Crippen LogP contribution >= 0.6 is 12.4 Å². The molecule has 0 radical (unpaired) electrons. The lowest BCUT2D eigenvalue weighted by Gasteiger charge is -2.27. The molecule has 0 bridgehead atoms. The van der Waals surface area contributed by atoms with Gasteiger partial charge in [0.2, 0.25) is 10.0 Å². The summed E-state index contributed by atoms with van der Waals surface area (Å²) in [5, 5.41) is 0. The number of nitrogens with two attached hydrogens (primary N) is 1. The highest BCUT2D eigenvalue weighted by molar-refractivity contribution is 7.89. The number of hydrogen-bond donors (Lipinski definition) is 2. The molecule has 1 aliphatic carbocycles. The number of nitrogen functional groups attached to an aromatic ring is 1. The number of nitrogens with one attached hydrogen (secondary N) is 1. The van der Waals surface area contributed by atoms with Gasteiger partial charge in [-0.15, -0.1) is 12.4 Å². The summed E-state index contributed by atoms with van der Waals surface area (Å²) in [6, 6.07) is 9.38. The minimum absolute atomic E-state index is 0. The van der Waals surface area contributed by atoms with Crippen LogP contribution in [-0.4, -0.2) is 8.42 Å². The Morgan fingerprint density at radius 1 is 1.08 bits per heavy atom. The van der Waals surface area contributed by atoms with E-state index in [-0.39, 0.29) is 18.4 Å². The highest BCUT2D eigenvalue weighted by Crippen LogP contribution is 2.33. The first-order valence-corrected chi connectivity index (χ1v) is 9.75. The molecule has 1 atom stereocenters. The summed E-state index contributed by atoms with van der Waals surface area (Å²) in [7, 11) is -3.57. The molecule has 4 nitrogen and oxygen atoms in total. The molecule has 0 heterocycles. The van der Waals surface area contributed by atoms with E-state index in [9.17, 15) is 8.42 Å². The third-order valence-corrected chi connectivity index (χ3v) is 6.43. The van der Waals surface area contributed by atoms with E-state index < -0.39 is 10.0 Å². The van der Waals surface area contributed by atoms with Crippen LogP contribution in [-0.2, 0) is 16.4 Å². The van der Waals surface area contributed by atoms with Gasteiger partial charge in [0.25, 0.3) is 0 Å². The zero-order valence-corrected chi connectivity index (χ0v) is 16.4. The number of anilines is 1. The second kappa shape index (κ2) is 7.36. The SMILES string of the molecule is Cc1cc(C)c(S(=O)(=O)NC2CCCc3cc(N)ccc32)c(C)c1.Cl. The molecular formula is C19H25ClN2O2S. The Hall–Kier alpha value is -1.56. The van der Waals surface area contributed by atoms with Gasteiger partial charge in [-0.1, -0.05) is 23.8 Å². The number of fused-ring (bicyclic) bond motifs is 1. The van der Waals surface area contributed by atoms with Crippen molar-refractivity contribution >= 4 is 28.1 Å². The highest BCUT2D eigenvalue weighted by atomic mass is 35.5.